The topological polar surface area (TPSA) is 63.0 Å². The minimum absolute atomic E-state index is 0.397. The molecule has 0 fully saturated rings. The average molecular weight is 124 g/mol. The smallest absolute Gasteiger partial charge is 0.144 e. The first-order chi connectivity index (χ1) is 4.36. The fraction of sp³-hybridized carbons (Fsp3) is 0.167. The second kappa shape index (κ2) is 2.46. The first-order valence-electron chi connectivity index (χ1n) is 2.66. The maximum Gasteiger partial charge on any atom is 0.144 e. The Morgan fingerprint density at radius 3 is 2.78 bits per heavy atom. The van der Waals surface area contributed by atoms with Crippen molar-refractivity contribution in [2.24, 2.45) is 5.73 Å². The van der Waals surface area contributed by atoms with Crippen molar-refractivity contribution in [2.45, 2.75) is 6.54 Å². The molecule has 0 unspecified atom stereocenters. The Labute approximate surface area is 53.0 Å². The zero-order valence-electron chi connectivity index (χ0n) is 4.92. The van der Waals surface area contributed by atoms with Gasteiger partial charge in [0.1, 0.15) is 11.5 Å². The van der Waals surface area contributed by atoms with E-state index >= 15 is 0 Å². The molecule has 1 aromatic heterocycles. The molecule has 1 aromatic rings. The molecule has 1 rings (SSSR count). The molecule has 3 N–H and O–H groups in total. The fourth-order valence-corrected chi connectivity index (χ4v) is 0.582. The van der Waals surface area contributed by atoms with Crippen molar-refractivity contribution in [3.05, 3.63) is 23.7 Å². The van der Waals surface area contributed by atoms with Crippen LogP contribution in [-0.4, -0.2) is 6.21 Å². The van der Waals surface area contributed by atoms with Crippen LogP contribution < -0.4 is 5.73 Å². The van der Waals surface area contributed by atoms with Gasteiger partial charge in [0.15, 0.2) is 0 Å². The van der Waals surface area contributed by atoms with Crippen LogP contribution in [-0.2, 0) is 6.54 Å². The predicted octanol–water partition coefficient (Wildman–Crippen LogP) is 0.736. The second-order valence-electron chi connectivity index (χ2n) is 1.65. The van der Waals surface area contributed by atoms with Gasteiger partial charge in [0.25, 0.3) is 0 Å². The van der Waals surface area contributed by atoms with Gasteiger partial charge in [0.2, 0.25) is 0 Å². The van der Waals surface area contributed by atoms with Crippen molar-refractivity contribution in [1.29, 1.82) is 5.41 Å². The molecule has 0 radical (unpaired) electrons. The largest absolute Gasteiger partial charge is 0.459 e. The normalized spacial score (nSPS) is 9.44. The third-order valence-corrected chi connectivity index (χ3v) is 1.03. The van der Waals surface area contributed by atoms with Crippen molar-refractivity contribution in [3.8, 4) is 0 Å². The summed E-state index contributed by atoms with van der Waals surface area (Å²) in [5.41, 5.74) is 5.25. The van der Waals surface area contributed by atoms with E-state index in [2.05, 4.69) is 0 Å². The van der Waals surface area contributed by atoms with Gasteiger partial charge in [0, 0.05) is 0 Å². The highest BCUT2D eigenvalue weighted by Crippen LogP contribution is 2.03. The van der Waals surface area contributed by atoms with E-state index in [1.165, 1.54) is 0 Å². The molecule has 0 aromatic carbocycles. The molecular weight excluding hydrogens is 116 g/mol. The van der Waals surface area contributed by atoms with Gasteiger partial charge < -0.3 is 15.6 Å². The Balaban J connectivity index is 2.86. The summed E-state index contributed by atoms with van der Waals surface area (Å²) in [5.74, 6) is 1.27. The molecule has 1 heterocycles. The summed E-state index contributed by atoms with van der Waals surface area (Å²) in [6, 6.07) is 3.48. The molecule has 0 aliphatic carbocycles. The molecule has 0 aliphatic rings. The lowest BCUT2D eigenvalue weighted by Crippen LogP contribution is -1.92. The molecule has 3 heteroatoms. The standard InChI is InChI=1S/C6H8N2O/c7-3-5-1-2-6(4-8)9-5/h1-3,7H,4,8H2. The van der Waals surface area contributed by atoms with E-state index in [0.29, 0.717) is 18.1 Å². The van der Waals surface area contributed by atoms with Gasteiger partial charge >= 0.3 is 0 Å². The highest BCUT2D eigenvalue weighted by molar-refractivity contribution is 5.72. The van der Waals surface area contributed by atoms with Crippen LogP contribution in [0.5, 0.6) is 0 Å². The van der Waals surface area contributed by atoms with E-state index in [-0.39, 0.29) is 0 Å². The average Bonchev–Trinajstić information content (AvgIpc) is 2.34. The summed E-state index contributed by atoms with van der Waals surface area (Å²) in [4.78, 5) is 0. The van der Waals surface area contributed by atoms with E-state index in [9.17, 15) is 0 Å². The molecule has 0 bridgehead atoms. The molecular formula is C6H8N2O. The molecule has 0 amide bonds. The molecule has 48 valence electrons. The highest BCUT2D eigenvalue weighted by atomic mass is 16.3. The Hall–Kier alpha value is -1.09. The Kier molecular flexibility index (Phi) is 1.65. The molecule has 9 heavy (non-hydrogen) atoms. The molecule has 0 saturated carbocycles. The number of furan rings is 1. The molecule has 0 atom stereocenters. The first-order valence-corrected chi connectivity index (χ1v) is 2.66. The number of rotatable bonds is 2. The third-order valence-electron chi connectivity index (χ3n) is 1.03. The van der Waals surface area contributed by atoms with E-state index < -0.39 is 0 Å². The van der Waals surface area contributed by atoms with Crippen molar-refractivity contribution in [2.75, 3.05) is 0 Å². The van der Waals surface area contributed by atoms with Crippen molar-refractivity contribution in [1.82, 2.24) is 0 Å². The van der Waals surface area contributed by atoms with Crippen molar-refractivity contribution in [3.63, 3.8) is 0 Å². The lowest BCUT2D eigenvalue weighted by atomic mass is 10.4. The van der Waals surface area contributed by atoms with E-state index in [4.69, 9.17) is 15.6 Å². The zero-order valence-corrected chi connectivity index (χ0v) is 4.92. The van der Waals surface area contributed by atoms with E-state index in [0.717, 1.165) is 6.21 Å². The summed E-state index contributed by atoms with van der Waals surface area (Å²) in [6.45, 7) is 0.397. The molecule has 0 spiro atoms. The van der Waals surface area contributed by atoms with E-state index in [1.807, 2.05) is 0 Å². The van der Waals surface area contributed by atoms with Crippen LogP contribution in [0, 0.1) is 5.41 Å². The monoisotopic (exact) mass is 124 g/mol. The zero-order chi connectivity index (χ0) is 6.69. The second-order valence-corrected chi connectivity index (χ2v) is 1.65. The molecule has 3 nitrogen and oxygen atoms in total. The van der Waals surface area contributed by atoms with Gasteiger partial charge in [0.05, 0.1) is 12.8 Å². The van der Waals surface area contributed by atoms with Crippen LogP contribution in [0.25, 0.3) is 0 Å². The first kappa shape index (κ1) is 6.04. The van der Waals surface area contributed by atoms with Crippen LogP contribution in [0.2, 0.25) is 0 Å². The summed E-state index contributed by atoms with van der Waals surface area (Å²) in [6.07, 6.45) is 1.15. The maximum atomic E-state index is 6.77. The Bertz CT molecular complexity index is 205. The van der Waals surface area contributed by atoms with Gasteiger partial charge in [-0.05, 0) is 12.1 Å². The Morgan fingerprint density at radius 2 is 2.44 bits per heavy atom. The van der Waals surface area contributed by atoms with Gasteiger partial charge in [-0.3, -0.25) is 0 Å². The lowest BCUT2D eigenvalue weighted by molar-refractivity contribution is 0.506. The van der Waals surface area contributed by atoms with Crippen molar-refractivity contribution >= 4 is 6.21 Å². The third kappa shape index (κ3) is 1.17. The van der Waals surface area contributed by atoms with Crippen LogP contribution in [0.15, 0.2) is 16.5 Å². The van der Waals surface area contributed by atoms with Crippen molar-refractivity contribution < 1.29 is 4.42 Å². The Morgan fingerprint density at radius 1 is 1.67 bits per heavy atom. The number of hydrogen-bond donors (Lipinski definition) is 2. The SMILES string of the molecule is N=Cc1ccc(CN)o1. The number of nitrogens with two attached hydrogens (primary N) is 1. The van der Waals surface area contributed by atoms with Crippen LogP contribution in [0.1, 0.15) is 11.5 Å². The maximum absolute atomic E-state index is 6.77. The van der Waals surface area contributed by atoms with Gasteiger partial charge in [-0.2, -0.15) is 0 Å². The quantitative estimate of drug-likeness (QED) is 0.571. The number of hydrogen-bond acceptors (Lipinski definition) is 3. The minimum Gasteiger partial charge on any atom is -0.459 e. The van der Waals surface area contributed by atoms with Gasteiger partial charge in [-0.15, -0.1) is 0 Å². The number of nitrogens with one attached hydrogen (secondary N) is 1. The highest BCUT2D eigenvalue weighted by Gasteiger charge is 1.94. The summed E-state index contributed by atoms with van der Waals surface area (Å²) in [5, 5.41) is 6.77. The summed E-state index contributed by atoms with van der Waals surface area (Å²) in [7, 11) is 0. The summed E-state index contributed by atoms with van der Waals surface area (Å²) < 4.78 is 5.01. The van der Waals surface area contributed by atoms with Crippen LogP contribution in [0.3, 0.4) is 0 Å². The van der Waals surface area contributed by atoms with Gasteiger partial charge in [-0.25, -0.2) is 0 Å². The summed E-state index contributed by atoms with van der Waals surface area (Å²) >= 11 is 0. The lowest BCUT2D eigenvalue weighted by Gasteiger charge is -1.83. The van der Waals surface area contributed by atoms with Crippen LogP contribution in [0.4, 0.5) is 0 Å². The molecule has 0 saturated heterocycles. The molecule has 0 aliphatic heterocycles. The minimum atomic E-state index is 0.397. The fourth-order valence-electron chi connectivity index (χ4n) is 0.582. The predicted molar refractivity (Wildman–Crippen MR) is 34.5 cm³/mol. The van der Waals surface area contributed by atoms with Crippen LogP contribution >= 0.6 is 0 Å². The van der Waals surface area contributed by atoms with Gasteiger partial charge in [-0.1, -0.05) is 0 Å². The van der Waals surface area contributed by atoms with E-state index in [1.54, 1.807) is 12.1 Å².